The first-order valence-corrected chi connectivity index (χ1v) is 6.25. The Hall–Kier alpha value is -1.68. The fraction of sp³-hybridized carbons (Fsp3) is 0.231. The molecule has 17 heavy (non-hydrogen) atoms. The highest BCUT2D eigenvalue weighted by Crippen LogP contribution is 2.31. The van der Waals surface area contributed by atoms with Crippen molar-refractivity contribution >= 4 is 17.0 Å². The highest BCUT2D eigenvalue weighted by Gasteiger charge is 2.08. The van der Waals surface area contributed by atoms with Gasteiger partial charge in [0.25, 0.3) is 0 Å². The molecule has 0 radical (unpaired) electrons. The lowest BCUT2D eigenvalue weighted by molar-refractivity contribution is 0.352. The molecule has 0 aliphatic rings. The number of methoxy groups -OCH3 is 2. The number of rotatable bonds is 5. The van der Waals surface area contributed by atoms with E-state index in [0.717, 1.165) is 29.3 Å². The van der Waals surface area contributed by atoms with Gasteiger partial charge >= 0.3 is 0 Å². The van der Waals surface area contributed by atoms with Crippen LogP contribution in [0.2, 0.25) is 0 Å². The molecule has 1 N–H and O–H groups in total. The van der Waals surface area contributed by atoms with Crippen molar-refractivity contribution in [3.05, 3.63) is 40.6 Å². The number of hydrogen-bond donors (Lipinski definition) is 1. The van der Waals surface area contributed by atoms with Crippen molar-refractivity contribution in [2.45, 2.75) is 6.54 Å². The smallest absolute Gasteiger partial charge is 0.165 e. The Morgan fingerprint density at radius 1 is 1.18 bits per heavy atom. The molecule has 0 saturated carbocycles. The van der Waals surface area contributed by atoms with Crippen LogP contribution < -0.4 is 14.8 Å². The van der Waals surface area contributed by atoms with Gasteiger partial charge in [-0.05, 0) is 17.5 Å². The molecule has 0 saturated heterocycles. The SMILES string of the molecule is COc1cccc(CNc2ccsc2)c1OC. The molecule has 2 rings (SSSR count). The third kappa shape index (κ3) is 2.71. The zero-order chi connectivity index (χ0) is 12.1. The highest BCUT2D eigenvalue weighted by atomic mass is 32.1. The second-order valence-electron chi connectivity index (χ2n) is 3.52. The standard InChI is InChI=1S/C13H15NO2S/c1-15-12-5-3-4-10(13(12)16-2)8-14-11-6-7-17-9-11/h3-7,9,14H,8H2,1-2H3. The van der Waals surface area contributed by atoms with E-state index in [1.165, 1.54) is 0 Å². The van der Waals surface area contributed by atoms with Crippen molar-refractivity contribution in [3.63, 3.8) is 0 Å². The molecule has 0 unspecified atom stereocenters. The summed E-state index contributed by atoms with van der Waals surface area (Å²) in [5.74, 6) is 1.55. The van der Waals surface area contributed by atoms with E-state index < -0.39 is 0 Å². The van der Waals surface area contributed by atoms with E-state index in [2.05, 4.69) is 16.8 Å². The average molecular weight is 249 g/mol. The molecule has 1 heterocycles. The van der Waals surface area contributed by atoms with Crippen LogP contribution in [0.3, 0.4) is 0 Å². The van der Waals surface area contributed by atoms with Crippen LogP contribution in [-0.2, 0) is 6.54 Å². The third-order valence-corrected chi connectivity index (χ3v) is 3.17. The van der Waals surface area contributed by atoms with E-state index in [4.69, 9.17) is 9.47 Å². The number of thiophene rings is 1. The number of nitrogens with one attached hydrogen (secondary N) is 1. The van der Waals surface area contributed by atoms with Crippen LogP contribution in [-0.4, -0.2) is 14.2 Å². The summed E-state index contributed by atoms with van der Waals surface area (Å²) in [5.41, 5.74) is 2.21. The molecule has 1 aromatic heterocycles. The molecule has 0 amide bonds. The van der Waals surface area contributed by atoms with Crippen molar-refractivity contribution in [1.29, 1.82) is 0 Å². The van der Waals surface area contributed by atoms with Crippen LogP contribution >= 0.6 is 11.3 Å². The summed E-state index contributed by atoms with van der Waals surface area (Å²) in [6, 6.07) is 7.94. The predicted molar refractivity (Wildman–Crippen MR) is 71.2 cm³/mol. The summed E-state index contributed by atoms with van der Waals surface area (Å²) in [7, 11) is 3.31. The normalized spacial score (nSPS) is 10.0. The van der Waals surface area contributed by atoms with Gasteiger partial charge in [0, 0.05) is 23.2 Å². The van der Waals surface area contributed by atoms with Crippen LogP contribution in [0.5, 0.6) is 11.5 Å². The molecule has 0 bridgehead atoms. The molecule has 0 aliphatic carbocycles. The Bertz CT molecular complexity index is 468. The summed E-state index contributed by atoms with van der Waals surface area (Å²) in [5, 5.41) is 7.46. The molecule has 0 spiro atoms. The van der Waals surface area contributed by atoms with Gasteiger partial charge in [0.05, 0.1) is 14.2 Å². The van der Waals surface area contributed by atoms with Crippen LogP contribution in [0.25, 0.3) is 0 Å². The summed E-state index contributed by atoms with van der Waals surface area (Å²) in [6.07, 6.45) is 0. The molecular formula is C13H15NO2S. The van der Waals surface area contributed by atoms with Gasteiger partial charge in [-0.25, -0.2) is 0 Å². The maximum Gasteiger partial charge on any atom is 0.165 e. The van der Waals surface area contributed by atoms with Crippen molar-refractivity contribution in [2.24, 2.45) is 0 Å². The zero-order valence-electron chi connectivity index (χ0n) is 9.90. The Morgan fingerprint density at radius 2 is 2.06 bits per heavy atom. The van der Waals surface area contributed by atoms with Gasteiger partial charge in [0.2, 0.25) is 0 Å². The Balaban J connectivity index is 2.14. The van der Waals surface area contributed by atoms with Crippen molar-refractivity contribution in [1.82, 2.24) is 0 Å². The van der Waals surface area contributed by atoms with Crippen LogP contribution in [0.1, 0.15) is 5.56 Å². The average Bonchev–Trinajstić information content (AvgIpc) is 2.88. The fourth-order valence-corrected chi connectivity index (χ4v) is 2.27. The Kier molecular flexibility index (Phi) is 3.88. The maximum absolute atomic E-state index is 5.37. The number of ether oxygens (including phenoxy) is 2. The van der Waals surface area contributed by atoms with Crippen LogP contribution in [0.4, 0.5) is 5.69 Å². The Labute approximate surface area is 105 Å². The van der Waals surface area contributed by atoms with Crippen molar-refractivity contribution in [2.75, 3.05) is 19.5 Å². The van der Waals surface area contributed by atoms with Gasteiger partial charge < -0.3 is 14.8 Å². The minimum atomic E-state index is 0.719. The second kappa shape index (κ2) is 5.59. The van der Waals surface area contributed by atoms with Gasteiger partial charge in [-0.1, -0.05) is 12.1 Å². The van der Waals surface area contributed by atoms with Crippen molar-refractivity contribution in [3.8, 4) is 11.5 Å². The van der Waals surface area contributed by atoms with E-state index in [1.54, 1.807) is 25.6 Å². The molecule has 0 atom stereocenters. The molecule has 0 fully saturated rings. The zero-order valence-corrected chi connectivity index (χ0v) is 10.7. The van der Waals surface area contributed by atoms with Crippen LogP contribution in [0, 0.1) is 0 Å². The maximum atomic E-state index is 5.37. The first-order chi connectivity index (χ1) is 8.35. The molecule has 3 nitrogen and oxygen atoms in total. The van der Waals surface area contributed by atoms with E-state index >= 15 is 0 Å². The first-order valence-electron chi connectivity index (χ1n) is 5.31. The molecule has 1 aromatic carbocycles. The molecule has 90 valence electrons. The molecular weight excluding hydrogens is 234 g/mol. The number of para-hydroxylation sites is 1. The number of anilines is 1. The lowest BCUT2D eigenvalue weighted by atomic mass is 10.2. The summed E-state index contributed by atoms with van der Waals surface area (Å²) in [4.78, 5) is 0. The molecule has 0 aliphatic heterocycles. The lowest BCUT2D eigenvalue weighted by Gasteiger charge is -2.13. The number of benzene rings is 1. The van der Waals surface area contributed by atoms with E-state index in [9.17, 15) is 0 Å². The molecule has 2 aromatic rings. The minimum absolute atomic E-state index is 0.719. The monoisotopic (exact) mass is 249 g/mol. The largest absolute Gasteiger partial charge is 0.493 e. The van der Waals surface area contributed by atoms with Crippen LogP contribution in [0.15, 0.2) is 35.0 Å². The first kappa shape index (κ1) is 11.8. The van der Waals surface area contributed by atoms with Crippen molar-refractivity contribution < 1.29 is 9.47 Å². The van der Waals surface area contributed by atoms with Gasteiger partial charge in [-0.15, -0.1) is 0 Å². The summed E-state index contributed by atoms with van der Waals surface area (Å²) in [6.45, 7) is 0.719. The highest BCUT2D eigenvalue weighted by molar-refractivity contribution is 7.08. The second-order valence-corrected chi connectivity index (χ2v) is 4.30. The summed E-state index contributed by atoms with van der Waals surface area (Å²) >= 11 is 1.67. The van der Waals surface area contributed by atoms with E-state index in [-0.39, 0.29) is 0 Å². The van der Waals surface area contributed by atoms with E-state index in [1.807, 2.05) is 23.6 Å². The summed E-state index contributed by atoms with van der Waals surface area (Å²) < 4.78 is 10.6. The third-order valence-electron chi connectivity index (χ3n) is 2.49. The molecule has 4 heteroatoms. The van der Waals surface area contributed by atoms with Gasteiger partial charge in [-0.2, -0.15) is 11.3 Å². The van der Waals surface area contributed by atoms with E-state index in [0.29, 0.717) is 0 Å². The Morgan fingerprint density at radius 3 is 2.71 bits per heavy atom. The quantitative estimate of drug-likeness (QED) is 0.881. The number of hydrogen-bond acceptors (Lipinski definition) is 4. The van der Waals surface area contributed by atoms with Gasteiger partial charge in [-0.3, -0.25) is 0 Å². The van der Waals surface area contributed by atoms with Gasteiger partial charge in [0.1, 0.15) is 0 Å². The predicted octanol–water partition coefficient (Wildman–Crippen LogP) is 3.38. The topological polar surface area (TPSA) is 30.5 Å². The van der Waals surface area contributed by atoms with Gasteiger partial charge in [0.15, 0.2) is 11.5 Å². The lowest BCUT2D eigenvalue weighted by Crippen LogP contribution is -2.02. The minimum Gasteiger partial charge on any atom is -0.493 e. The fourth-order valence-electron chi connectivity index (χ4n) is 1.66.